The SMILES string of the molecule is COc1cc(/C=C/C(=O)c2cc(C)sc2C)ccc1OCC(=O)[O-]. The molecule has 0 N–H and O–H groups in total. The Morgan fingerprint density at radius 3 is 2.54 bits per heavy atom. The first-order valence-corrected chi connectivity index (χ1v) is 8.02. The van der Waals surface area contributed by atoms with Crippen LogP contribution in [0, 0.1) is 13.8 Å². The minimum atomic E-state index is -1.31. The zero-order valence-electron chi connectivity index (χ0n) is 13.6. The Kier molecular flexibility index (Phi) is 5.76. The summed E-state index contributed by atoms with van der Waals surface area (Å²) in [6.07, 6.45) is 3.19. The third kappa shape index (κ3) is 4.45. The van der Waals surface area contributed by atoms with Gasteiger partial charge in [-0.2, -0.15) is 0 Å². The lowest BCUT2D eigenvalue weighted by molar-refractivity contribution is -0.307. The van der Waals surface area contributed by atoms with Crippen LogP contribution < -0.4 is 14.6 Å². The van der Waals surface area contributed by atoms with Gasteiger partial charge in [0.05, 0.1) is 13.1 Å². The minimum absolute atomic E-state index is 0.0619. The molecule has 0 saturated carbocycles. The zero-order chi connectivity index (χ0) is 17.7. The van der Waals surface area contributed by atoms with Crippen LogP contribution in [-0.2, 0) is 4.79 Å². The Bertz CT molecular complexity index is 789. The maximum absolute atomic E-state index is 12.2. The molecule has 2 rings (SSSR count). The number of allylic oxidation sites excluding steroid dienone is 1. The third-order valence-corrected chi connectivity index (χ3v) is 4.23. The van der Waals surface area contributed by atoms with Gasteiger partial charge in [0.2, 0.25) is 0 Å². The predicted octanol–water partition coefficient (Wildman–Crippen LogP) is 2.40. The number of ketones is 1. The molecular formula is C18H17O5S-. The highest BCUT2D eigenvalue weighted by Gasteiger charge is 2.09. The van der Waals surface area contributed by atoms with Gasteiger partial charge in [-0.15, -0.1) is 11.3 Å². The number of carbonyl (C=O) groups excluding carboxylic acids is 2. The largest absolute Gasteiger partial charge is 0.546 e. The molecule has 0 fully saturated rings. The Hall–Kier alpha value is -2.60. The first-order valence-electron chi connectivity index (χ1n) is 7.21. The van der Waals surface area contributed by atoms with Crippen LogP contribution in [-0.4, -0.2) is 25.5 Å². The third-order valence-electron chi connectivity index (χ3n) is 3.27. The monoisotopic (exact) mass is 345 g/mol. The molecule has 0 radical (unpaired) electrons. The van der Waals surface area contributed by atoms with Gasteiger partial charge in [0.1, 0.15) is 6.61 Å². The van der Waals surface area contributed by atoms with Crippen molar-refractivity contribution in [1.82, 2.24) is 0 Å². The molecule has 0 aliphatic carbocycles. The van der Waals surface area contributed by atoms with Crippen molar-refractivity contribution >= 4 is 29.2 Å². The maximum atomic E-state index is 12.2. The van der Waals surface area contributed by atoms with Crippen LogP contribution >= 0.6 is 11.3 Å². The molecule has 0 aliphatic rings. The van der Waals surface area contributed by atoms with Crippen LogP contribution in [0.5, 0.6) is 11.5 Å². The standard InChI is InChI=1S/C18H18O5S/c1-11-8-14(12(2)24-11)15(19)6-4-13-5-7-16(17(9-13)22-3)23-10-18(20)21/h4-9H,10H2,1-3H3,(H,20,21)/p-1/b6-4+. The van der Waals surface area contributed by atoms with Gasteiger partial charge < -0.3 is 19.4 Å². The fourth-order valence-electron chi connectivity index (χ4n) is 2.18. The summed E-state index contributed by atoms with van der Waals surface area (Å²) in [6, 6.07) is 6.85. The van der Waals surface area contributed by atoms with Crippen LogP contribution in [0.4, 0.5) is 0 Å². The molecule has 2 aromatic rings. The molecule has 1 aromatic carbocycles. The number of hydrogen-bond acceptors (Lipinski definition) is 6. The summed E-state index contributed by atoms with van der Waals surface area (Å²) in [4.78, 5) is 24.8. The van der Waals surface area contributed by atoms with Crippen LogP contribution in [0.25, 0.3) is 6.08 Å². The van der Waals surface area contributed by atoms with E-state index in [4.69, 9.17) is 9.47 Å². The van der Waals surface area contributed by atoms with Gasteiger partial charge in [0, 0.05) is 15.3 Å². The van der Waals surface area contributed by atoms with Crippen LogP contribution in [0.2, 0.25) is 0 Å². The molecule has 0 unspecified atom stereocenters. The van der Waals surface area contributed by atoms with Crippen molar-refractivity contribution in [2.75, 3.05) is 13.7 Å². The summed E-state index contributed by atoms with van der Waals surface area (Å²) < 4.78 is 10.3. The molecular weight excluding hydrogens is 328 g/mol. The fourth-order valence-corrected chi connectivity index (χ4v) is 3.11. The number of rotatable bonds is 7. The first kappa shape index (κ1) is 17.7. The van der Waals surface area contributed by atoms with Crippen molar-refractivity contribution in [2.45, 2.75) is 13.8 Å². The Labute approximate surface area is 144 Å². The summed E-state index contributed by atoms with van der Waals surface area (Å²) in [6.45, 7) is 3.33. The zero-order valence-corrected chi connectivity index (χ0v) is 14.4. The summed E-state index contributed by atoms with van der Waals surface area (Å²) in [5, 5.41) is 10.5. The Morgan fingerprint density at radius 1 is 1.21 bits per heavy atom. The fraction of sp³-hybridized carbons (Fsp3) is 0.222. The second-order valence-corrected chi connectivity index (χ2v) is 6.56. The smallest absolute Gasteiger partial charge is 0.186 e. The van der Waals surface area contributed by atoms with Gasteiger partial charge in [0.25, 0.3) is 0 Å². The predicted molar refractivity (Wildman–Crippen MR) is 90.7 cm³/mol. The lowest BCUT2D eigenvalue weighted by atomic mass is 10.1. The Morgan fingerprint density at radius 2 is 1.96 bits per heavy atom. The van der Waals surface area contributed by atoms with Crippen molar-refractivity contribution in [3.8, 4) is 11.5 Å². The van der Waals surface area contributed by atoms with Crippen molar-refractivity contribution in [3.63, 3.8) is 0 Å². The average molecular weight is 345 g/mol. The molecule has 0 bridgehead atoms. The second kappa shape index (κ2) is 7.79. The first-order chi connectivity index (χ1) is 11.4. The number of aliphatic carboxylic acids is 1. The van der Waals surface area contributed by atoms with Crippen molar-refractivity contribution < 1.29 is 24.2 Å². The van der Waals surface area contributed by atoms with E-state index in [0.29, 0.717) is 17.1 Å². The molecule has 0 atom stereocenters. The van der Waals surface area contributed by atoms with Crippen molar-refractivity contribution in [1.29, 1.82) is 0 Å². The van der Waals surface area contributed by atoms with E-state index in [-0.39, 0.29) is 5.78 Å². The number of hydrogen-bond donors (Lipinski definition) is 0. The van der Waals surface area contributed by atoms with Crippen LogP contribution in [0.15, 0.2) is 30.3 Å². The quantitative estimate of drug-likeness (QED) is 0.569. The molecule has 1 aromatic heterocycles. The molecule has 0 aliphatic heterocycles. The number of ether oxygens (including phenoxy) is 2. The van der Waals surface area contributed by atoms with E-state index in [0.717, 1.165) is 15.3 Å². The summed E-state index contributed by atoms with van der Waals surface area (Å²) in [5.41, 5.74) is 1.44. The molecule has 0 saturated heterocycles. The molecule has 6 heteroatoms. The highest BCUT2D eigenvalue weighted by Crippen LogP contribution is 2.28. The van der Waals surface area contributed by atoms with Crippen LogP contribution in [0.3, 0.4) is 0 Å². The van der Waals surface area contributed by atoms with E-state index in [9.17, 15) is 14.7 Å². The van der Waals surface area contributed by atoms with Gasteiger partial charge in [-0.3, -0.25) is 4.79 Å². The Balaban J connectivity index is 2.16. The molecule has 126 valence electrons. The number of aryl methyl sites for hydroxylation is 2. The van der Waals surface area contributed by atoms with Gasteiger partial charge >= 0.3 is 0 Å². The number of thiophene rings is 1. The minimum Gasteiger partial charge on any atom is -0.546 e. The van der Waals surface area contributed by atoms with Crippen molar-refractivity contribution in [2.24, 2.45) is 0 Å². The topological polar surface area (TPSA) is 75.7 Å². The summed E-state index contributed by atoms with van der Waals surface area (Å²) in [7, 11) is 1.46. The molecule has 24 heavy (non-hydrogen) atoms. The number of carbonyl (C=O) groups is 2. The number of carboxylic acids is 1. The van der Waals surface area contributed by atoms with Gasteiger partial charge in [-0.05, 0) is 43.7 Å². The van der Waals surface area contributed by atoms with E-state index >= 15 is 0 Å². The highest BCUT2D eigenvalue weighted by atomic mass is 32.1. The number of benzene rings is 1. The summed E-state index contributed by atoms with van der Waals surface area (Å²) >= 11 is 1.59. The average Bonchev–Trinajstić information content (AvgIpc) is 2.89. The van der Waals surface area contributed by atoms with E-state index in [1.807, 2.05) is 19.9 Å². The van der Waals surface area contributed by atoms with Gasteiger partial charge in [-0.1, -0.05) is 12.1 Å². The molecule has 1 heterocycles. The number of methoxy groups -OCH3 is 1. The van der Waals surface area contributed by atoms with Crippen molar-refractivity contribution in [3.05, 3.63) is 51.2 Å². The normalized spacial score (nSPS) is 10.8. The van der Waals surface area contributed by atoms with Gasteiger partial charge in [0.15, 0.2) is 17.3 Å². The molecule has 0 spiro atoms. The van der Waals surface area contributed by atoms with Gasteiger partial charge in [-0.25, -0.2) is 0 Å². The lowest BCUT2D eigenvalue weighted by Gasteiger charge is -2.11. The lowest BCUT2D eigenvalue weighted by Crippen LogP contribution is -2.29. The summed E-state index contributed by atoms with van der Waals surface area (Å²) in [5.74, 6) is -0.691. The van der Waals surface area contributed by atoms with E-state index in [1.54, 1.807) is 35.6 Å². The van der Waals surface area contributed by atoms with Crippen LogP contribution in [0.1, 0.15) is 25.7 Å². The van der Waals surface area contributed by atoms with E-state index in [2.05, 4.69) is 0 Å². The molecule has 5 nitrogen and oxygen atoms in total. The number of carboxylic acid groups (broad SMARTS) is 1. The highest BCUT2D eigenvalue weighted by molar-refractivity contribution is 7.12. The molecule has 0 amide bonds. The maximum Gasteiger partial charge on any atom is 0.186 e. The second-order valence-electron chi connectivity index (χ2n) is 5.10. The van der Waals surface area contributed by atoms with E-state index in [1.165, 1.54) is 13.2 Å². The van der Waals surface area contributed by atoms with E-state index < -0.39 is 12.6 Å².